The van der Waals surface area contributed by atoms with Crippen LogP contribution < -0.4 is 10.1 Å². The first-order valence-electron chi connectivity index (χ1n) is 11.7. The smallest absolute Gasteiger partial charge is 0.221 e. The topological polar surface area (TPSA) is 67.3 Å². The third-order valence-electron chi connectivity index (χ3n) is 6.02. The summed E-state index contributed by atoms with van der Waals surface area (Å²) in [5.41, 5.74) is 4.95. The summed E-state index contributed by atoms with van der Waals surface area (Å²) in [4.78, 5) is 23.4. The van der Waals surface area contributed by atoms with Gasteiger partial charge in [-0.3, -0.25) is 9.69 Å². The predicted molar refractivity (Wildman–Crippen MR) is 138 cm³/mol. The molecule has 1 N–H and O–H groups in total. The Morgan fingerprint density at radius 1 is 1.15 bits per heavy atom. The number of amides is 1. The Kier molecular flexibility index (Phi) is 6.83. The van der Waals surface area contributed by atoms with Crippen LogP contribution in [0.3, 0.4) is 0 Å². The molecule has 0 unspecified atom stereocenters. The Bertz CT molecular complexity index is 1280. The number of rotatable bonds is 8. The Labute approximate surface area is 203 Å². The van der Waals surface area contributed by atoms with E-state index in [1.807, 2.05) is 42.6 Å². The Morgan fingerprint density at radius 2 is 1.97 bits per heavy atom. The van der Waals surface area contributed by atoms with E-state index in [0.717, 1.165) is 57.3 Å². The standard InChI is InChI=1S/C27H28N4O2S/c1-19(32)29-22-6-4-5-21(16-22)24-18-34-25-17-28-26(30-27(24)25)15-20-7-9-23(10-8-20)33-14-13-31-11-2-3-12-31/h4-10,16-18H,2-3,11-15H2,1H3,(H,29,32). The highest BCUT2D eigenvalue weighted by Gasteiger charge is 2.12. The van der Waals surface area contributed by atoms with Crippen molar-refractivity contribution in [2.45, 2.75) is 26.2 Å². The van der Waals surface area contributed by atoms with E-state index >= 15 is 0 Å². The molecular weight excluding hydrogens is 444 g/mol. The fourth-order valence-corrected chi connectivity index (χ4v) is 5.18. The molecule has 1 aliphatic heterocycles. The van der Waals surface area contributed by atoms with E-state index in [9.17, 15) is 4.79 Å². The average Bonchev–Trinajstić information content (AvgIpc) is 3.50. The number of carbonyl (C=O) groups excluding carboxylic acids is 1. The number of carbonyl (C=O) groups is 1. The zero-order valence-electron chi connectivity index (χ0n) is 19.3. The van der Waals surface area contributed by atoms with Gasteiger partial charge in [0.1, 0.15) is 18.2 Å². The number of hydrogen-bond donors (Lipinski definition) is 1. The summed E-state index contributed by atoms with van der Waals surface area (Å²) < 4.78 is 6.97. The van der Waals surface area contributed by atoms with Crippen molar-refractivity contribution in [2.24, 2.45) is 0 Å². The molecular formula is C27H28N4O2S. The number of nitrogens with zero attached hydrogens (tertiary/aromatic N) is 3. The number of likely N-dealkylation sites (tertiary alicyclic amines) is 1. The summed E-state index contributed by atoms with van der Waals surface area (Å²) in [5.74, 6) is 1.60. The van der Waals surface area contributed by atoms with E-state index in [2.05, 4.69) is 32.7 Å². The van der Waals surface area contributed by atoms with E-state index < -0.39 is 0 Å². The van der Waals surface area contributed by atoms with Crippen molar-refractivity contribution in [3.8, 4) is 16.9 Å². The quantitative estimate of drug-likeness (QED) is 0.373. The summed E-state index contributed by atoms with van der Waals surface area (Å²) in [7, 11) is 0. The number of nitrogens with one attached hydrogen (secondary N) is 1. The van der Waals surface area contributed by atoms with Gasteiger partial charge in [0.2, 0.25) is 5.91 Å². The predicted octanol–water partition coefficient (Wildman–Crippen LogP) is 5.38. The van der Waals surface area contributed by atoms with Gasteiger partial charge < -0.3 is 10.1 Å². The van der Waals surface area contributed by atoms with Crippen molar-refractivity contribution < 1.29 is 9.53 Å². The monoisotopic (exact) mass is 472 g/mol. The van der Waals surface area contributed by atoms with Crippen LogP contribution >= 0.6 is 11.3 Å². The first-order valence-corrected chi connectivity index (χ1v) is 12.6. The van der Waals surface area contributed by atoms with Gasteiger partial charge >= 0.3 is 0 Å². The second-order valence-corrected chi connectivity index (χ2v) is 9.54. The molecule has 1 fully saturated rings. The van der Waals surface area contributed by atoms with Crippen LogP contribution in [0.25, 0.3) is 21.3 Å². The first-order chi connectivity index (χ1) is 16.6. The van der Waals surface area contributed by atoms with Gasteiger partial charge in [0.15, 0.2) is 0 Å². The van der Waals surface area contributed by atoms with Crippen LogP contribution in [0.1, 0.15) is 31.2 Å². The number of thiophene rings is 1. The van der Waals surface area contributed by atoms with Gasteiger partial charge in [-0.25, -0.2) is 9.97 Å². The van der Waals surface area contributed by atoms with E-state index in [-0.39, 0.29) is 5.91 Å². The normalized spacial score (nSPS) is 13.9. The van der Waals surface area contributed by atoms with Crippen LogP contribution in [0.2, 0.25) is 0 Å². The molecule has 1 aliphatic rings. The fraction of sp³-hybridized carbons (Fsp3) is 0.296. The van der Waals surface area contributed by atoms with Gasteiger partial charge in [-0.15, -0.1) is 11.3 Å². The van der Waals surface area contributed by atoms with Crippen molar-refractivity contribution >= 4 is 33.1 Å². The summed E-state index contributed by atoms with van der Waals surface area (Å²) in [6, 6.07) is 16.1. The SMILES string of the molecule is CC(=O)Nc1cccc(-c2csc3cnc(Cc4ccc(OCCN5CCCC5)cc4)nc23)c1. The minimum atomic E-state index is -0.0834. The first kappa shape index (κ1) is 22.5. The van der Waals surface area contributed by atoms with Gasteiger partial charge in [-0.1, -0.05) is 24.3 Å². The molecule has 34 heavy (non-hydrogen) atoms. The summed E-state index contributed by atoms with van der Waals surface area (Å²) in [5, 5.41) is 4.95. The number of hydrogen-bond acceptors (Lipinski definition) is 6. The third kappa shape index (κ3) is 5.43. The lowest BCUT2D eigenvalue weighted by Crippen LogP contribution is -2.25. The molecule has 1 amide bonds. The van der Waals surface area contributed by atoms with Crippen LogP contribution in [-0.2, 0) is 11.2 Å². The van der Waals surface area contributed by atoms with Crippen LogP contribution in [-0.4, -0.2) is 47.0 Å². The van der Waals surface area contributed by atoms with Gasteiger partial charge in [0, 0.05) is 42.7 Å². The van der Waals surface area contributed by atoms with Crippen LogP contribution in [0.4, 0.5) is 5.69 Å². The minimum absolute atomic E-state index is 0.0834. The maximum Gasteiger partial charge on any atom is 0.221 e. The van der Waals surface area contributed by atoms with E-state index in [1.54, 1.807) is 11.3 Å². The lowest BCUT2D eigenvalue weighted by Gasteiger charge is -2.15. The molecule has 174 valence electrons. The molecule has 3 heterocycles. The number of ether oxygens (including phenoxy) is 1. The molecule has 6 nitrogen and oxygen atoms in total. The number of fused-ring (bicyclic) bond motifs is 1. The highest BCUT2D eigenvalue weighted by Crippen LogP contribution is 2.33. The number of benzene rings is 2. The van der Waals surface area contributed by atoms with Gasteiger partial charge in [0.05, 0.1) is 10.2 Å². The molecule has 0 saturated carbocycles. The lowest BCUT2D eigenvalue weighted by atomic mass is 10.1. The maximum absolute atomic E-state index is 11.4. The molecule has 2 aromatic carbocycles. The maximum atomic E-state index is 11.4. The van der Waals surface area contributed by atoms with Gasteiger partial charge in [0.25, 0.3) is 0 Å². The molecule has 0 atom stereocenters. The van der Waals surface area contributed by atoms with Crippen LogP contribution in [0.5, 0.6) is 5.75 Å². The van der Waals surface area contributed by atoms with E-state index in [4.69, 9.17) is 9.72 Å². The van der Waals surface area contributed by atoms with Gasteiger partial charge in [-0.2, -0.15) is 0 Å². The zero-order valence-corrected chi connectivity index (χ0v) is 20.1. The van der Waals surface area contributed by atoms with Crippen LogP contribution in [0, 0.1) is 0 Å². The van der Waals surface area contributed by atoms with E-state index in [0.29, 0.717) is 6.42 Å². The highest BCUT2D eigenvalue weighted by molar-refractivity contribution is 7.17. The van der Waals surface area contributed by atoms with Crippen molar-refractivity contribution in [2.75, 3.05) is 31.6 Å². The minimum Gasteiger partial charge on any atom is -0.492 e. The molecule has 7 heteroatoms. The largest absolute Gasteiger partial charge is 0.492 e. The lowest BCUT2D eigenvalue weighted by molar-refractivity contribution is -0.114. The molecule has 0 aliphatic carbocycles. The van der Waals surface area contributed by atoms with Crippen molar-refractivity contribution in [3.05, 3.63) is 71.5 Å². The number of anilines is 1. The fourth-order valence-electron chi connectivity index (χ4n) is 4.31. The van der Waals surface area contributed by atoms with E-state index in [1.165, 1.54) is 32.9 Å². The molecule has 5 rings (SSSR count). The number of aromatic nitrogens is 2. The highest BCUT2D eigenvalue weighted by atomic mass is 32.1. The Balaban J connectivity index is 1.28. The molecule has 0 bridgehead atoms. The second-order valence-electron chi connectivity index (χ2n) is 8.63. The zero-order chi connectivity index (χ0) is 23.3. The molecule has 2 aromatic heterocycles. The Hall–Kier alpha value is -3.29. The molecule has 1 saturated heterocycles. The Morgan fingerprint density at radius 3 is 2.76 bits per heavy atom. The average molecular weight is 473 g/mol. The summed E-state index contributed by atoms with van der Waals surface area (Å²) in [6.45, 7) is 5.62. The third-order valence-corrected chi connectivity index (χ3v) is 6.92. The molecule has 0 spiro atoms. The summed E-state index contributed by atoms with van der Waals surface area (Å²) in [6.07, 6.45) is 5.17. The van der Waals surface area contributed by atoms with Crippen molar-refractivity contribution in [1.82, 2.24) is 14.9 Å². The molecule has 4 aromatic rings. The second kappa shape index (κ2) is 10.3. The van der Waals surface area contributed by atoms with Gasteiger partial charge in [-0.05, 0) is 61.3 Å². The van der Waals surface area contributed by atoms with Crippen molar-refractivity contribution in [3.63, 3.8) is 0 Å². The van der Waals surface area contributed by atoms with Crippen LogP contribution in [0.15, 0.2) is 60.1 Å². The molecule has 0 radical (unpaired) electrons. The van der Waals surface area contributed by atoms with Crippen molar-refractivity contribution in [1.29, 1.82) is 0 Å². The summed E-state index contributed by atoms with van der Waals surface area (Å²) >= 11 is 1.63.